The predicted molar refractivity (Wildman–Crippen MR) is 136 cm³/mol. The first-order chi connectivity index (χ1) is 16.9. The molecule has 11 heteroatoms. The Morgan fingerprint density at radius 1 is 1.23 bits per heavy atom. The Morgan fingerprint density at radius 2 is 2.03 bits per heavy atom. The maximum atomic E-state index is 12.6. The van der Waals surface area contributed by atoms with Gasteiger partial charge in [-0.15, -0.1) is 0 Å². The van der Waals surface area contributed by atoms with Crippen molar-refractivity contribution in [3.05, 3.63) is 48.8 Å². The van der Waals surface area contributed by atoms with Gasteiger partial charge in [-0.3, -0.25) is 9.09 Å². The SMILES string of the molecule is CCNc1nc(N)nc2c1ncn2[C@@H]1O[C@H](CO[PH](=O)Oc2cccc3ccccc23)CC1(C)C. The number of fused-ring (bicyclic) bond motifs is 2. The summed E-state index contributed by atoms with van der Waals surface area (Å²) in [7, 11) is -2.77. The smallest absolute Gasteiger partial charge is 0.367 e. The first-order valence-corrected chi connectivity index (χ1v) is 12.8. The highest BCUT2D eigenvalue weighted by Gasteiger charge is 2.44. The monoisotopic (exact) mass is 496 g/mol. The quantitative estimate of drug-likeness (QED) is 0.331. The predicted octanol–water partition coefficient (Wildman–Crippen LogP) is 4.79. The van der Waals surface area contributed by atoms with E-state index in [1.165, 1.54) is 0 Å². The molecule has 0 amide bonds. The third-order valence-corrected chi connectivity index (χ3v) is 6.90. The summed E-state index contributed by atoms with van der Waals surface area (Å²) in [6.07, 6.45) is 1.76. The molecule has 1 aliphatic rings. The Kier molecular flexibility index (Phi) is 6.35. The van der Waals surface area contributed by atoms with Crippen LogP contribution in [0.2, 0.25) is 0 Å². The Morgan fingerprint density at radius 3 is 2.86 bits per heavy atom. The van der Waals surface area contributed by atoms with E-state index in [1.807, 2.05) is 47.9 Å². The van der Waals surface area contributed by atoms with Gasteiger partial charge in [0.05, 0.1) is 19.0 Å². The highest BCUT2D eigenvalue weighted by Crippen LogP contribution is 2.46. The van der Waals surface area contributed by atoms with E-state index in [1.54, 1.807) is 12.4 Å². The van der Waals surface area contributed by atoms with Gasteiger partial charge in [-0.05, 0) is 24.8 Å². The van der Waals surface area contributed by atoms with Crippen LogP contribution in [0.25, 0.3) is 21.9 Å². The highest BCUT2D eigenvalue weighted by atomic mass is 31.1. The topological polar surface area (TPSA) is 126 Å². The van der Waals surface area contributed by atoms with Gasteiger partial charge in [-0.2, -0.15) is 9.97 Å². The van der Waals surface area contributed by atoms with Crippen molar-refractivity contribution in [2.45, 2.75) is 39.5 Å². The fraction of sp³-hybridized carbons (Fsp3) is 0.375. The Bertz CT molecular complexity index is 1390. The summed E-state index contributed by atoms with van der Waals surface area (Å²) < 4.78 is 32.1. The van der Waals surface area contributed by atoms with Crippen molar-refractivity contribution in [2.75, 3.05) is 24.2 Å². The molecule has 0 spiro atoms. The molecule has 1 saturated heterocycles. The van der Waals surface area contributed by atoms with E-state index in [2.05, 4.69) is 34.1 Å². The molecule has 2 aromatic carbocycles. The van der Waals surface area contributed by atoms with E-state index < -0.39 is 8.25 Å². The Hall–Kier alpha value is -3.20. The van der Waals surface area contributed by atoms with Crippen molar-refractivity contribution >= 4 is 42.0 Å². The summed E-state index contributed by atoms with van der Waals surface area (Å²) in [5, 5.41) is 5.08. The molecule has 3 heterocycles. The molecule has 3 atom stereocenters. The lowest BCUT2D eigenvalue weighted by Gasteiger charge is -2.26. The zero-order valence-corrected chi connectivity index (χ0v) is 20.9. The molecule has 0 bridgehead atoms. The lowest BCUT2D eigenvalue weighted by Crippen LogP contribution is -2.22. The summed E-state index contributed by atoms with van der Waals surface area (Å²) >= 11 is 0. The fourth-order valence-corrected chi connectivity index (χ4v) is 5.34. The summed E-state index contributed by atoms with van der Waals surface area (Å²) in [6.45, 7) is 7.02. The van der Waals surface area contributed by atoms with Crippen LogP contribution < -0.4 is 15.6 Å². The van der Waals surface area contributed by atoms with Crippen LogP contribution in [-0.4, -0.2) is 38.8 Å². The third kappa shape index (κ3) is 4.69. The standard InChI is InChI=1S/C24H29N6O4P/c1-4-26-20-19-21(29-23(25)28-20)30(14-27-19)22-24(2,3)12-16(33-22)13-32-35(31)34-18-11-7-9-15-8-5-6-10-17(15)18/h5-11,14,16,22,35H,4,12-13H2,1-3H3,(H3,25,26,28,29)/t16-,22+/m0/s1. The van der Waals surface area contributed by atoms with Crippen molar-refractivity contribution in [1.82, 2.24) is 19.5 Å². The highest BCUT2D eigenvalue weighted by molar-refractivity contribution is 7.33. The van der Waals surface area contributed by atoms with Gasteiger partial charge in [0.1, 0.15) is 12.0 Å². The van der Waals surface area contributed by atoms with Crippen LogP contribution in [0.3, 0.4) is 0 Å². The van der Waals surface area contributed by atoms with E-state index in [9.17, 15) is 4.57 Å². The molecule has 0 radical (unpaired) electrons. The van der Waals surface area contributed by atoms with Gasteiger partial charge < -0.3 is 20.3 Å². The average molecular weight is 497 g/mol. The minimum atomic E-state index is -2.77. The van der Waals surface area contributed by atoms with Crippen LogP contribution in [0.5, 0.6) is 5.75 Å². The number of nitrogens with zero attached hydrogens (tertiary/aromatic N) is 4. The molecule has 1 unspecified atom stereocenters. The van der Waals surface area contributed by atoms with Crippen LogP contribution in [0.15, 0.2) is 48.8 Å². The average Bonchev–Trinajstić information content (AvgIpc) is 3.37. The maximum absolute atomic E-state index is 12.6. The number of hydrogen-bond acceptors (Lipinski definition) is 9. The number of nitrogens with one attached hydrogen (secondary N) is 1. The van der Waals surface area contributed by atoms with E-state index in [4.69, 9.17) is 19.5 Å². The van der Waals surface area contributed by atoms with E-state index >= 15 is 0 Å². The van der Waals surface area contributed by atoms with Gasteiger partial charge in [0.25, 0.3) is 0 Å². The molecule has 35 heavy (non-hydrogen) atoms. The Balaban J connectivity index is 1.29. The summed E-state index contributed by atoms with van der Waals surface area (Å²) in [4.78, 5) is 13.2. The van der Waals surface area contributed by atoms with Crippen LogP contribution in [0.4, 0.5) is 11.8 Å². The number of imidazole rings is 1. The van der Waals surface area contributed by atoms with Gasteiger partial charge in [0, 0.05) is 17.3 Å². The van der Waals surface area contributed by atoms with Crippen molar-refractivity contribution in [2.24, 2.45) is 5.41 Å². The van der Waals surface area contributed by atoms with E-state index in [-0.39, 0.29) is 30.3 Å². The molecule has 2 aromatic heterocycles. The Labute approximate surface area is 203 Å². The summed E-state index contributed by atoms with van der Waals surface area (Å²) in [5.74, 6) is 1.29. The second kappa shape index (κ2) is 9.45. The molecular formula is C24H29N6O4P. The molecule has 10 nitrogen and oxygen atoms in total. The molecule has 1 aliphatic heterocycles. The molecule has 1 fully saturated rings. The van der Waals surface area contributed by atoms with Crippen molar-refractivity contribution < 1.29 is 18.3 Å². The second-order valence-electron chi connectivity index (χ2n) is 9.23. The lowest BCUT2D eigenvalue weighted by atomic mass is 9.87. The molecule has 0 saturated carbocycles. The molecular weight excluding hydrogens is 467 g/mol. The van der Waals surface area contributed by atoms with Crippen LogP contribution in [0, 0.1) is 5.41 Å². The molecule has 0 aliphatic carbocycles. The van der Waals surface area contributed by atoms with Gasteiger partial charge in [0.15, 0.2) is 17.0 Å². The second-order valence-corrected chi connectivity index (χ2v) is 10.2. The van der Waals surface area contributed by atoms with Gasteiger partial charge in [0.2, 0.25) is 5.95 Å². The van der Waals surface area contributed by atoms with Crippen molar-refractivity contribution in [3.8, 4) is 5.75 Å². The van der Waals surface area contributed by atoms with E-state index in [0.717, 1.165) is 10.8 Å². The van der Waals surface area contributed by atoms with Gasteiger partial charge >= 0.3 is 8.25 Å². The number of nitrogens with two attached hydrogens (primary N) is 1. The number of anilines is 2. The normalized spacial score (nSPS) is 20.3. The zero-order chi connectivity index (χ0) is 24.6. The molecule has 3 N–H and O–H groups in total. The first kappa shape index (κ1) is 23.5. The fourth-order valence-electron chi connectivity index (χ4n) is 4.60. The summed E-state index contributed by atoms with van der Waals surface area (Å²) in [6, 6.07) is 13.4. The van der Waals surface area contributed by atoms with E-state index in [0.29, 0.717) is 35.7 Å². The number of hydrogen-bond donors (Lipinski definition) is 2. The minimum Gasteiger partial charge on any atom is -0.426 e. The first-order valence-electron chi connectivity index (χ1n) is 11.6. The largest absolute Gasteiger partial charge is 0.426 e. The summed E-state index contributed by atoms with van der Waals surface area (Å²) in [5.41, 5.74) is 6.92. The molecule has 184 valence electrons. The number of rotatable bonds is 8. The van der Waals surface area contributed by atoms with Crippen molar-refractivity contribution in [3.63, 3.8) is 0 Å². The molecule has 5 rings (SSSR count). The number of nitrogen functional groups attached to an aromatic ring is 1. The zero-order valence-electron chi connectivity index (χ0n) is 19.9. The number of aromatic nitrogens is 4. The maximum Gasteiger partial charge on any atom is 0.367 e. The number of benzene rings is 2. The van der Waals surface area contributed by atoms with Gasteiger partial charge in [-0.1, -0.05) is 50.2 Å². The van der Waals surface area contributed by atoms with Crippen LogP contribution in [-0.2, 0) is 13.8 Å². The van der Waals surface area contributed by atoms with Gasteiger partial charge in [-0.25, -0.2) is 9.55 Å². The lowest BCUT2D eigenvalue weighted by molar-refractivity contribution is -0.0414. The minimum absolute atomic E-state index is 0.148. The number of ether oxygens (including phenoxy) is 1. The van der Waals surface area contributed by atoms with Crippen LogP contribution >= 0.6 is 8.25 Å². The van der Waals surface area contributed by atoms with Crippen LogP contribution in [0.1, 0.15) is 33.4 Å². The molecule has 4 aromatic rings. The third-order valence-electron chi connectivity index (χ3n) is 6.11. The van der Waals surface area contributed by atoms with Crippen molar-refractivity contribution in [1.29, 1.82) is 0 Å².